The highest BCUT2D eigenvalue weighted by Gasteiger charge is 2.27. The van der Waals surface area contributed by atoms with Crippen molar-refractivity contribution in [1.82, 2.24) is 10.2 Å². The van der Waals surface area contributed by atoms with Gasteiger partial charge in [0, 0.05) is 18.6 Å². The Bertz CT molecular complexity index is 203. The van der Waals surface area contributed by atoms with Gasteiger partial charge in [-0.05, 0) is 51.6 Å². The molecule has 1 rings (SSSR count). The van der Waals surface area contributed by atoms with E-state index in [2.05, 4.69) is 44.8 Å². The Labute approximate surface area is 108 Å². The maximum absolute atomic E-state index is 3.66. The molecule has 0 aliphatic carbocycles. The summed E-state index contributed by atoms with van der Waals surface area (Å²) in [6.07, 6.45) is 5.27. The minimum atomic E-state index is 0.569. The van der Waals surface area contributed by atoms with Crippen LogP contribution in [0.25, 0.3) is 0 Å². The van der Waals surface area contributed by atoms with Gasteiger partial charge in [-0.15, -0.1) is 0 Å². The zero-order chi connectivity index (χ0) is 12.9. The Kier molecular flexibility index (Phi) is 5.94. The Morgan fingerprint density at radius 2 is 1.76 bits per heavy atom. The van der Waals surface area contributed by atoms with Gasteiger partial charge in [-0.3, -0.25) is 4.90 Å². The third kappa shape index (κ3) is 5.39. The molecular weight excluding hydrogens is 208 g/mol. The SMILES string of the molecule is CCCC(C)NCC(C)N1CCC(C)(C)CC1. The minimum Gasteiger partial charge on any atom is -0.313 e. The van der Waals surface area contributed by atoms with Gasteiger partial charge < -0.3 is 5.32 Å². The molecule has 1 aliphatic heterocycles. The molecule has 0 aromatic heterocycles. The molecule has 0 aromatic rings. The predicted molar refractivity (Wildman–Crippen MR) is 76.4 cm³/mol. The third-order valence-corrected chi connectivity index (χ3v) is 4.26. The van der Waals surface area contributed by atoms with Crippen LogP contribution in [0, 0.1) is 5.41 Å². The number of rotatable bonds is 6. The van der Waals surface area contributed by atoms with E-state index in [0.717, 1.165) is 6.54 Å². The number of likely N-dealkylation sites (tertiary alicyclic amines) is 1. The first-order valence-corrected chi connectivity index (χ1v) is 7.42. The first-order valence-electron chi connectivity index (χ1n) is 7.42. The third-order valence-electron chi connectivity index (χ3n) is 4.26. The summed E-state index contributed by atoms with van der Waals surface area (Å²) >= 11 is 0. The highest BCUT2D eigenvalue weighted by molar-refractivity contribution is 4.82. The van der Waals surface area contributed by atoms with E-state index < -0.39 is 0 Å². The van der Waals surface area contributed by atoms with E-state index in [0.29, 0.717) is 17.5 Å². The highest BCUT2D eigenvalue weighted by atomic mass is 15.2. The lowest BCUT2D eigenvalue weighted by Gasteiger charge is -2.40. The fourth-order valence-corrected chi connectivity index (χ4v) is 2.61. The molecule has 0 saturated carbocycles. The maximum Gasteiger partial charge on any atom is 0.0192 e. The fraction of sp³-hybridized carbons (Fsp3) is 1.00. The van der Waals surface area contributed by atoms with Gasteiger partial charge in [0.2, 0.25) is 0 Å². The standard InChI is InChI=1S/C15H32N2/c1-6-7-13(2)16-12-14(3)17-10-8-15(4,5)9-11-17/h13-14,16H,6-12H2,1-5H3. The first-order chi connectivity index (χ1) is 7.94. The summed E-state index contributed by atoms with van der Waals surface area (Å²) in [7, 11) is 0. The molecule has 2 nitrogen and oxygen atoms in total. The van der Waals surface area contributed by atoms with Crippen LogP contribution < -0.4 is 5.32 Å². The van der Waals surface area contributed by atoms with Crippen LogP contribution in [0.2, 0.25) is 0 Å². The Morgan fingerprint density at radius 1 is 1.18 bits per heavy atom. The average Bonchev–Trinajstić information content (AvgIpc) is 2.26. The zero-order valence-electron chi connectivity index (χ0n) is 12.6. The van der Waals surface area contributed by atoms with Crippen molar-refractivity contribution in [2.75, 3.05) is 19.6 Å². The molecule has 0 aromatic carbocycles. The summed E-state index contributed by atoms with van der Waals surface area (Å²) in [5.41, 5.74) is 0.569. The molecule has 1 fully saturated rings. The summed E-state index contributed by atoms with van der Waals surface area (Å²) in [5, 5.41) is 3.66. The van der Waals surface area contributed by atoms with Crippen molar-refractivity contribution in [3.8, 4) is 0 Å². The van der Waals surface area contributed by atoms with Crippen LogP contribution in [0.15, 0.2) is 0 Å². The molecule has 2 atom stereocenters. The predicted octanol–water partition coefficient (Wildman–Crippen LogP) is 3.28. The molecule has 17 heavy (non-hydrogen) atoms. The van der Waals surface area contributed by atoms with E-state index >= 15 is 0 Å². The van der Waals surface area contributed by atoms with Gasteiger partial charge in [-0.25, -0.2) is 0 Å². The van der Waals surface area contributed by atoms with Crippen LogP contribution in [-0.4, -0.2) is 36.6 Å². The van der Waals surface area contributed by atoms with Crippen molar-refractivity contribution in [2.45, 2.75) is 72.4 Å². The average molecular weight is 240 g/mol. The molecular formula is C15H32N2. The van der Waals surface area contributed by atoms with Crippen molar-refractivity contribution in [2.24, 2.45) is 5.41 Å². The number of piperidine rings is 1. The van der Waals surface area contributed by atoms with Crippen molar-refractivity contribution in [3.05, 3.63) is 0 Å². The summed E-state index contributed by atoms with van der Waals surface area (Å²) in [4.78, 5) is 2.65. The van der Waals surface area contributed by atoms with E-state index in [1.807, 2.05) is 0 Å². The fourth-order valence-electron chi connectivity index (χ4n) is 2.61. The second kappa shape index (κ2) is 6.75. The van der Waals surface area contributed by atoms with Gasteiger partial charge in [0.15, 0.2) is 0 Å². The van der Waals surface area contributed by atoms with E-state index in [-0.39, 0.29) is 0 Å². The summed E-state index contributed by atoms with van der Waals surface area (Å²) in [6.45, 7) is 15.4. The summed E-state index contributed by atoms with van der Waals surface area (Å²) < 4.78 is 0. The molecule has 0 spiro atoms. The van der Waals surface area contributed by atoms with Crippen LogP contribution in [0.1, 0.15) is 60.3 Å². The van der Waals surface area contributed by atoms with Crippen molar-refractivity contribution in [3.63, 3.8) is 0 Å². The molecule has 1 heterocycles. The van der Waals surface area contributed by atoms with Crippen LogP contribution >= 0.6 is 0 Å². The zero-order valence-corrected chi connectivity index (χ0v) is 12.6. The largest absolute Gasteiger partial charge is 0.313 e. The van der Waals surface area contributed by atoms with Crippen LogP contribution in [-0.2, 0) is 0 Å². The van der Waals surface area contributed by atoms with Gasteiger partial charge in [-0.1, -0.05) is 27.2 Å². The normalized spacial score (nSPS) is 24.5. The highest BCUT2D eigenvalue weighted by Crippen LogP contribution is 2.30. The van der Waals surface area contributed by atoms with Gasteiger partial charge in [-0.2, -0.15) is 0 Å². The molecule has 102 valence electrons. The van der Waals surface area contributed by atoms with E-state index in [1.54, 1.807) is 0 Å². The van der Waals surface area contributed by atoms with E-state index in [1.165, 1.54) is 38.8 Å². The lowest BCUT2D eigenvalue weighted by molar-refractivity contribution is 0.0986. The minimum absolute atomic E-state index is 0.569. The molecule has 1 saturated heterocycles. The topological polar surface area (TPSA) is 15.3 Å². The summed E-state index contributed by atoms with van der Waals surface area (Å²) in [5.74, 6) is 0. The second-order valence-electron chi connectivity index (χ2n) is 6.65. The van der Waals surface area contributed by atoms with Crippen LogP contribution in [0.4, 0.5) is 0 Å². The van der Waals surface area contributed by atoms with Crippen molar-refractivity contribution in [1.29, 1.82) is 0 Å². The second-order valence-corrected chi connectivity index (χ2v) is 6.65. The number of hydrogen-bond donors (Lipinski definition) is 1. The Hall–Kier alpha value is -0.0800. The quantitative estimate of drug-likeness (QED) is 0.766. The summed E-state index contributed by atoms with van der Waals surface area (Å²) in [6, 6.07) is 1.36. The van der Waals surface area contributed by atoms with Crippen molar-refractivity contribution < 1.29 is 0 Å². The molecule has 1 N–H and O–H groups in total. The lowest BCUT2D eigenvalue weighted by Crippen LogP contribution is -2.47. The molecule has 0 radical (unpaired) electrons. The van der Waals surface area contributed by atoms with Gasteiger partial charge in [0.25, 0.3) is 0 Å². The van der Waals surface area contributed by atoms with Crippen LogP contribution in [0.5, 0.6) is 0 Å². The smallest absolute Gasteiger partial charge is 0.0192 e. The molecule has 0 amide bonds. The van der Waals surface area contributed by atoms with Crippen LogP contribution in [0.3, 0.4) is 0 Å². The maximum atomic E-state index is 3.66. The Morgan fingerprint density at radius 3 is 2.29 bits per heavy atom. The first kappa shape index (κ1) is 15.0. The number of nitrogens with one attached hydrogen (secondary N) is 1. The molecule has 2 heteroatoms. The molecule has 1 aliphatic rings. The molecule has 2 unspecified atom stereocenters. The monoisotopic (exact) mass is 240 g/mol. The Balaban J connectivity index is 2.22. The number of hydrogen-bond acceptors (Lipinski definition) is 2. The van der Waals surface area contributed by atoms with Gasteiger partial charge in [0.05, 0.1) is 0 Å². The van der Waals surface area contributed by atoms with Crippen molar-refractivity contribution >= 4 is 0 Å². The molecule has 0 bridgehead atoms. The number of nitrogens with zero attached hydrogens (tertiary/aromatic N) is 1. The van der Waals surface area contributed by atoms with E-state index in [9.17, 15) is 0 Å². The van der Waals surface area contributed by atoms with Gasteiger partial charge >= 0.3 is 0 Å². The van der Waals surface area contributed by atoms with E-state index in [4.69, 9.17) is 0 Å². The van der Waals surface area contributed by atoms with Gasteiger partial charge in [0.1, 0.15) is 0 Å². The lowest BCUT2D eigenvalue weighted by atomic mass is 9.82.